The number of amides is 1. The number of carbonyl (C=O) groups is 1. The molecule has 1 N–H and O–H groups in total. The molecule has 1 saturated heterocycles. The molecule has 6 heteroatoms. The molecule has 0 atom stereocenters. The molecule has 138 valence electrons. The maximum absolute atomic E-state index is 13.8. The minimum absolute atomic E-state index is 0.0409. The van der Waals surface area contributed by atoms with Crippen LogP contribution in [-0.2, 0) is 11.3 Å². The molecule has 0 radical (unpaired) electrons. The predicted molar refractivity (Wildman–Crippen MR) is 99.7 cm³/mol. The summed E-state index contributed by atoms with van der Waals surface area (Å²) in [6.45, 7) is 4.18. The Hall–Kier alpha value is -2.44. The van der Waals surface area contributed by atoms with Gasteiger partial charge < -0.3 is 10.1 Å². The van der Waals surface area contributed by atoms with Gasteiger partial charge in [-0.1, -0.05) is 24.3 Å². The van der Waals surface area contributed by atoms with Gasteiger partial charge >= 0.3 is 0 Å². The van der Waals surface area contributed by atoms with Gasteiger partial charge in [0, 0.05) is 50.0 Å². The first-order valence-electron chi connectivity index (χ1n) is 8.76. The predicted octanol–water partition coefficient (Wildman–Crippen LogP) is 2.59. The number of benzene rings is 2. The number of hydrogen-bond acceptors (Lipinski definition) is 4. The van der Waals surface area contributed by atoms with E-state index in [0.29, 0.717) is 18.8 Å². The van der Waals surface area contributed by atoms with Gasteiger partial charge in [0.15, 0.2) is 0 Å². The first kappa shape index (κ1) is 18.4. The van der Waals surface area contributed by atoms with Crippen molar-refractivity contribution in [2.45, 2.75) is 6.54 Å². The minimum Gasteiger partial charge on any atom is -0.497 e. The Morgan fingerprint density at radius 2 is 1.81 bits per heavy atom. The Balaban J connectivity index is 1.44. The Morgan fingerprint density at radius 3 is 2.54 bits per heavy atom. The number of hydrogen-bond donors (Lipinski definition) is 1. The van der Waals surface area contributed by atoms with Gasteiger partial charge in [-0.05, 0) is 18.2 Å². The Kier molecular flexibility index (Phi) is 6.20. The molecule has 5 nitrogen and oxygen atoms in total. The molecule has 1 heterocycles. The number of methoxy groups -OCH3 is 1. The van der Waals surface area contributed by atoms with E-state index in [4.69, 9.17) is 4.74 Å². The second-order valence-electron chi connectivity index (χ2n) is 6.42. The lowest BCUT2D eigenvalue weighted by atomic mass is 10.2. The summed E-state index contributed by atoms with van der Waals surface area (Å²) in [6, 6.07) is 14.2. The number of rotatable bonds is 6. The van der Waals surface area contributed by atoms with Crippen molar-refractivity contribution < 1.29 is 13.9 Å². The van der Waals surface area contributed by atoms with Crippen molar-refractivity contribution in [1.82, 2.24) is 9.80 Å². The van der Waals surface area contributed by atoms with Gasteiger partial charge in [-0.25, -0.2) is 4.39 Å². The highest BCUT2D eigenvalue weighted by Crippen LogP contribution is 2.17. The lowest BCUT2D eigenvalue weighted by Crippen LogP contribution is -2.48. The quantitative estimate of drug-likeness (QED) is 0.863. The number of nitrogens with one attached hydrogen (secondary N) is 1. The molecule has 0 spiro atoms. The average molecular weight is 357 g/mol. The Bertz CT molecular complexity index is 745. The van der Waals surface area contributed by atoms with E-state index in [1.807, 2.05) is 30.3 Å². The molecule has 0 saturated carbocycles. The summed E-state index contributed by atoms with van der Waals surface area (Å²) >= 11 is 0. The zero-order valence-corrected chi connectivity index (χ0v) is 15.0. The van der Waals surface area contributed by atoms with E-state index >= 15 is 0 Å². The van der Waals surface area contributed by atoms with Crippen LogP contribution in [0.25, 0.3) is 0 Å². The monoisotopic (exact) mass is 357 g/mol. The highest BCUT2D eigenvalue weighted by Gasteiger charge is 2.19. The second-order valence-corrected chi connectivity index (χ2v) is 6.42. The van der Waals surface area contributed by atoms with Crippen molar-refractivity contribution >= 4 is 11.6 Å². The molecule has 1 amide bonds. The molecular weight excluding hydrogens is 333 g/mol. The van der Waals surface area contributed by atoms with Crippen molar-refractivity contribution in [3.8, 4) is 5.75 Å². The van der Waals surface area contributed by atoms with Crippen LogP contribution in [-0.4, -0.2) is 55.5 Å². The number of ether oxygens (including phenoxy) is 1. The van der Waals surface area contributed by atoms with Gasteiger partial charge in [0.05, 0.1) is 13.7 Å². The van der Waals surface area contributed by atoms with Gasteiger partial charge in [0.25, 0.3) is 0 Å². The van der Waals surface area contributed by atoms with Gasteiger partial charge in [0.2, 0.25) is 5.91 Å². The van der Waals surface area contributed by atoms with E-state index in [1.54, 1.807) is 19.2 Å². The van der Waals surface area contributed by atoms with Crippen molar-refractivity contribution in [3.05, 3.63) is 59.9 Å². The zero-order valence-electron chi connectivity index (χ0n) is 15.0. The van der Waals surface area contributed by atoms with E-state index in [9.17, 15) is 9.18 Å². The molecule has 26 heavy (non-hydrogen) atoms. The summed E-state index contributed by atoms with van der Waals surface area (Å²) < 4.78 is 18.9. The Morgan fingerprint density at radius 1 is 1.08 bits per heavy atom. The van der Waals surface area contributed by atoms with Crippen molar-refractivity contribution in [2.24, 2.45) is 0 Å². The fourth-order valence-corrected chi connectivity index (χ4v) is 3.08. The van der Waals surface area contributed by atoms with Gasteiger partial charge in [0.1, 0.15) is 11.6 Å². The minimum atomic E-state index is -0.160. The standard InChI is InChI=1S/C20H24FN3O2/c1-26-18-7-4-6-17(13-18)22-20(25)15-24-11-9-23(10-12-24)14-16-5-2-3-8-19(16)21/h2-8,13H,9-12,14-15H2,1H3,(H,22,25). The van der Waals surface area contributed by atoms with E-state index in [1.165, 1.54) is 6.07 Å². The molecular formula is C20H24FN3O2. The fourth-order valence-electron chi connectivity index (χ4n) is 3.08. The largest absolute Gasteiger partial charge is 0.497 e. The Labute approximate surface area is 153 Å². The van der Waals surface area contributed by atoms with Crippen LogP contribution in [0.2, 0.25) is 0 Å². The van der Waals surface area contributed by atoms with Crippen LogP contribution < -0.4 is 10.1 Å². The molecule has 2 aromatic rings. The molecule has 1 fully saturated rings. The number of nitrogens with zero attached hydrogens (tertiary/aromatic N) is 2. The smallest absolute Gasteiger partial charge is 0.238 e. The molecule has 0 bridgehead atoms. The summed E-state index contributed by atoms with van der Waals surface area (Å²) in [4.78, 5) is 16.6. The van der Waals surface area contributed by atoms with Crippen molar-refractivity contribution in [2.75, 3.05) is 45.2 Å². The fraction of sp³-hybridized carbons (Fsp3) is 0.350. The first-order valence-corrected chi connectivity index (χ1v) is 8.76. The van der Waals surface area contributed by atoms with Crippen LogP contribution in [0.3, 0.4) is 0 Å². The molecule has 2 aromatic carbocycles. The third-order valence-electron chi connectivity index (χ3n) is 4.54. The molecule has 1 aliphatic rings. The maximum Gasteiger partial charge on any atom is 0.238 e. The van der Waals surface area contributed by atoms with Gasteiger partial charge in [-0.2, -0.15) is 0 Å². The van der Waals surface area contributed by atoms with Crippen LogP contribution in [0, 0.1) is 5.82 Å². The lowest BCUT2D eigenvalue weighted by Gasteiger charge is -2.34. The normalized spacial score (nSPS) is 15.6. The number of halogens is 1. The highest BCUT2D eigenvalue weighted by molar-refractivity contribution is 5.92. The van der Waals surface area contributed by atoms with Crippen LogP contribution in [0.15, 0.2) is 48.5 Å². The van der Waals surface area contributed by atoms with E-state index in [2.05, 4.69) is 15.1 Å². The topological polar surface area (TPSA) is 44.8 Å². The van der Waals surface area contributed by atoms with Crippen LogP contribution in [0.5, 0.6) is 5.75 Å². The molecule has 0 aromatic heterocycles. The summed E-state index contributed by atoms with van der Waals surface area (Å²) in [6.07, 6.45) is 0. The molecule has 0 aliphatic carbocycles. The number of anilines is 1. The van der Waals surface area contributed by atoms with Crippen LogP contribution >= 0.6 is 0 Å². The van der Waals surface area contributed by atoms with Gasteiger partial charge in [-0.3, -0.25) is 14.6 Å². The van der Waals surface area contributed by atoms with E-state index < -0.39 is 0 Å². The summed E-state index contributed by atoms with van der Waals surface area (Å²) in [5.41, 5.74) is 1.45. The third kappa shape index (κ3) is 5.03. The zero-order chi connectivity index (χ0) is 18.4. The first-order chi connectivity index (χ1) is 12.6. The van der Waals surface area contributed by atoms with E-state index in [-0.39, 0.29) is 11.7 Å². The summed E-state index contributed by atoms with van der Waals surface area (Å²) in [7, 11) is 1.60. The SMILES string of the molecule is COc1cccc(NC(=O)CN2CCN(Cc3ccccc3F)CC2)c1. The number of piperazine rings is 1. The third-order valence-corrected chi connectivity index (χ3v) is 4.54. The molecule has 3 rings (SSSR count). The second kappa shape index (κ2) is 8.78. The lowest BCUT2D eigenvalue weighted by molar-refractivity contribution is -0.117. The van der Waals surface area contributed by atoms with Gasteiger partial charge in [-0.15, -0.1) is 0 Å². The summed E-state index contributed by atoms with van der Waals surface area (Å²) in [5.74, 6) is 0.512. The highest BCUT2D eigenvalue weighted by atomic mass is 19.1. The van der Waals surface area contributed by atoms with Crippen molar-refractivity contribution in [3.63, 3.8) is 0 Å². The maximum atomic E-state index is 13.8. The van der Waals surface area contributed by atoms with Crippen LogP contribution in [0.4, 0.5) is 10.1 Å². The summed E-state index contributed by atoms with van der Waals surface area (Å²) in [5, 5.41) is 2.90. The molecule has 1 aliphatic heterocycles. The van der Waals surface area contributed by atoms with Crippen molar-refractivity contribution in [1.29, 1.82) is 0 Å². The molecule has 0 unspecified atom stereocenters. The number of carbonyl (C=O) groups excluding carboxylic acids is 1. The van der Waals surface area contributed by atoms with E-state index in [0.717, 1.165) is 37.4 Å². The van der Waals surface area contributed by atoms with Crippen LogP contribution in [0.1, 0.15) is 5.56 Å². The average Bonchev–Trinajstić information content (AvgIpc) is 2.65.